The van der Waals surface area contributed by atoms with Crippen molar-refractivity contribution in [1.29, 1.82) is 0 Å². The molecule has 114 valence electrons. The van der Waals surface area contributed by atoms with Crippen LogP contribution in [0.3, 0.4) is 0 Å². The number of fused-ring (bicyclic) bond motifs is 1. The van der Waals surface area contributed by atoms with Crippen LogP contribution in [-0.2, 0) is 0 Å². The molecule has 0 radical (unpaired) electrons. The number of nitrogens with one attached hydrogen (secondary N) is 1. The van der Waals surface area contributed by atoms with Gasteiger partial charge in [0.1, 0.15) is 0 Å². The molecule has 0 spiro atoms. The van der Waals surface area contributed by atoms with Crippen molar-refractivity contribution < 1.29 is 4.74 Å². The molecule has 1 atom stereocenters. The maximum Gasteiger partial charge on any atom is 0.252 e. The zero-order valence-corrected chi connectivity index (χ0v) is 13.3. The monoisotopic (exact) mass is 327 g/mol. The van der Waals surface area contributed by atoms with Gasteiger partial charge in [-0.3, -0.25) is 0 Å². The predicted octanol–water partition coefficient (Wildman–Crippen LogP) is 3.62. The highest BCUT2D eigenvalue weighted by Crippen LogP contribution is 2.23. The van der Waals surface area contributed by atoms with E-state index in [1.165, 1.54) is 19.3 Å². The van der Waals surface area contributed by atoms with Gasteiger partial charge in [0.05, 0.1) is 17.6 Å². The van der Waals surface area contributed by atoms with E-state index in [9.17, 15) is 0 Å². The largest absolute Gasteiger partial charge is 0.475 e. The minimum absolute atomic E-state index is 0. The van der Waals surface area contributed by atoms with Crippen LogP contribution >= 0.6 is 24.0 Å². The van der Waals surface area contributed by atoms with Crippen LogP contribution in [0, 0.1) is 0 Å². The molecule has 1 unspecified atom stereocenters. The summed E-state index contributed by atoms with van der Waals surface area (Å²) in [6.45, 7) is 1.73. The van der Waals surface area contributed by atoms with Gasteiger partial charge in [-0.2, -0.15) is 0 Å². The molecule has 0 aliphatic carbocycles. The Balaban J connectivity index is 0.00000161. The Morgan fingerprint density at radius 2 is 1.95 bits per heavy atom. The summed E-state index contributed by atoms with van der Waals surface area (Å²) in [5.41, 5.74) is 1.60. The van der Waals surface area contributed by atoms with Crippen LogP contribution < -0.4 is 10.1 Å². The van der Waals surface area contributed by atoms with Crippen molar-refractivity contribution >= 4 is 35.0 Å². The van der Waals surface area contributed by atoms with E-state index < -0.39 is 0 Å². The molecule has 1 saturated heterocycles. The minimum Gasteiger partial charge on any atom is -0.475 e. The first-order valence-corrected chi connectivity index (χ1v) is 7.49. The van der Waals surface area contributed by atoms with E-state index in [0.29, 0.717) is 23.7 Å². The van der Waals surface area contributed by atoms with Crippen LogP contribution in [0.1, 0.15) is 25.7 Å². The first kappa shape index (κ1) is 16.3. The van der Waals surface area contributed by atoms with Crippen molar-refractivity contribution in [3.8, 4) is 5.88 Å². The highest BCUT2D eigenvalue weighted by molar-refractivity contribution is 6.31. The number of hydrogen-bond donors (Lipinski definition) is 1. The van der Waals surface area contributed by atoms with Crippen LogP contribution in [0.2, 0.25) is 5.15 Å². The van der Waals surface area contributed by atoms with Crippen LogP contribution in [0.25, 0.3) is 11.0 Å². The van der Waals surface area contributed by atoms with Gasteiger partial charge in [-0.1, -0.05) is 30.2 Å². The van der Waals surface area contributed by atoms with Gasteiger partial charge in [-0.15, -0.1) is 12.4 Å². The third-order valence-corrected chi connectivity index (χ3v) is 3.86. The van der Waals surface area contributed by atoms with Gasteiger partial charge in [-0.05, 0) is 37.9 Å². The van der Waals surface area contributed by atoms with E-state index in [0.717, 1.165) is 24.0 Å². The third-order valence-electron chi connectivity index (χ3n) is 3.62. The molecule has 1 aromatic carbocycles. The molecule has 3 rings (SSSR count). The van der Waals surface area contributed by atoms with Gasteiger partial charge in [-0.25, -0.2) is 9.97 Å². The van der Waals surface area contributed by atoms with Crippen molar-refractivity contribution in [3.63, 3.8) is 0 Å². The van der Waals surface area contributed by atoms with Crippen LogP contribution in [0.4, 0.5) is 0 Å². The zero-order chi connectivity index (χ0) is 13.8. The standard InChI is InChI=1S/C15H18ClN3O.ClH/c16-14-15(19-13-7-2-1-6-12(13)18-14)20-10-8-11-5-3-4-9-17-11;/h1-2,6-7,11,17H,3-5,8-10H2;1H. The molecule has 1 aliphatic rings. The summed E-state index contributed by atoms with van der Waals surface area (Å²) in [6, 6.07) is 8.21. The maximum atomic E-state index is 6.11. The third kappa shape index (κ3) is 4.19. The number of aromatic nitrogens is 2. The fourth-order valence-electron chi connectivity index (χ4n) is 2.52. The number of halogens is 2. The van der Waals surface area contributed by atoms with Crippen molar-refractivity contribution in [1.82, 2.24) is 15.3 Å². The summed E-state index contributed by atoms with van der Waals surface area (Å²) in [7, 11) is 0. The first-order chi connectivity index (χ1) is 9.83. The molecule has 0 saturated carbocycles. The van der Waals surface area contributed by atoms with E-state index in [1.807, 2.05) is 24.3 Å². The SMILES string of the molecule is Cl.Clc1nc2ccccc2nc1OCCC1CCCCN1. The zero-order valence-electron chi connectivity index (χ0n) is 11.7. The highest BCUT2D eigenvalue weighted by Gasteiger charge is 2.13. The van der Waals surface area contributed by atoms with Crippen LogP contribution in [0.5, 0.6) is 5.88 Å². The molecule has 4 nitrogen and oxygen atoms in total. The Morgan fingerprint density at radius 1 is 1.19 bits per heavy atom. The summed E-state index contributed by atoms with van der Waals surface area (Å²) in [4.78, 5) is 8.72. The molecule has 1 aliphatic heterocycles. The van der Waals surface area contributed by atoms with Gasteiger partial charge in [0.2, 0.25) is 0 Å². The summed E-state index contributed by atoms with van der Waals surface area (Å²) in [5, 5.41) is 3.83. The minimum atomic E-state index is 0. The van der Waals surface area contributed by atoms with Crippen LogP contribution in [0.15, 0.2) is 24.3 Å². The lowest BCUT2D eigenvalue weighted by Gasteiger charge is -2.23. The summed E-state index contributed by atoms with van der Waals surface area (Å²) >= 11 is 6.11. The number of nitrogens with zero attached hydrogens (tertiary/aromatic N) is 2. The lowest BCUT2D eigenvalue weighted by molar-refractivity contribution is 0.261. The molecule has 1 N–H and O–H groups in total. The first-order valence-electron chi connectivity index (χ1n) is 7.11. The van der Waals surface area contributed by atoms with Crippen molar-refractivity contribution in [2.45, 2.75) is 31.7 Å². The number of rotatable bonds is 4. The van der Waals surface area contributed by atoms with Gasteiger partial charge in [0, 0.05) is 6.04 Å². The second-order valence-corrected chi connectivity index (χ2v) is 5.45. The summed E-state index contributed by atoms with van der Waals surface area (Å²) in [6.07, 6.45) is 4.78. The number of piperidine rings is 1. The quantitative estimate of drug-likeness (QED) is 0.931. The number of hydrogen-bond acceptors (Lipinski definition) is 4. The van der Waals surface area contributed by atoms with Gasteiger partial charge in [0.15, 0.2) is 5.15 Å². The molecular formula is C15H19Cl2N3O. The number of benzene rings is 1. The lowest BCUT2D eigenvalue weighted by Crippen LogP contribution is -2.35. The Bertz CT molecular complexity index is 588. The van der Waals surface area contributed by atoms with Crippen molar-refractivity contribution in [3.05, 3.63) is 29.4 Å². The van der Waals surface area contributed by atoms with E-state index >= 15 is 0 Å². The predicted molar refractivity (Wildman–Crippen MR) is 87.5 cm³/mol. The Hall–Kier alpha value is -1.10. The molecule has 1 aromatic heterocycles. The maximum absolute atomic E-state index is 6.11. The van der Waals surface area contributed by atoms with Crippen molar-refractivity contribution in [2.24, 2.45) is 0 Å². The fraction of sp³-hybridized carbons (Fsp3) is 0.467. The van der Waals surface area contributed by atoms with Gasteiger partial charge < -0.3 is 10.1 Å². The lowest BCUT2D eigenvalue weighted by atomic mass is 10.0. The second kappa shape index (κ2) is 7.78. The molecule has 1 fully saturated rings. The molecule has 2 heterocycles. The van der Waals surface area contributed by atoms with Crippen molar-refractivity contribution in [2.75, 3.05) is 13.2 Å². The average molecular weight is 328 g/mol. The Labute approximate surface area is 135 Å². The smallest absolute Gasteiger partial charge is 0.252 e. The topological polar surface area (TPSA) is 47.0 Å². The number of ether oxygens (including phenoxy) is 1. The molecule has 2 aromatic rings. The molecular weight excluding hydrogens is 309 g/mol. The van der Waals surface area contributed by atoms with E-state index in [-0.39, 0.29) is 12.4 Å². The van der Waals surface area contributed by atoms with Gasteiger partial charge in [0.25, 0.3) is 5.88 Å². The molecule has 6 heteroatoms. The van der Waals surface area contributed by atoms with E-state index in [2.05, 4.69) is 15.3 Å². The fourth-order valence-corrected chi connectivity index (χ4v) is 2.71. The average Bonchev–Trinajstić information content (AvgIpc) is 2.49. The normalized spacial score (nSPS) is 18.2. The number of para-hydroxylation sites is 2. The highest BCUT2D eigenvalue weighted by atomic mass is 35.5. The van der Waals surface area contributed by atoms with E-state index in [4.69, 9.17) is 16.3 Å². The Kier molecular flexibility index (Phi) is 6.03. The van der Waals surface area contributed by atoms with Crippen LogP contribution in [-0.4, -0.2) is 29.2 Å². The molecule has 0 bridgehead atoms. The van der Waals surface area contributed by atoms with E-state index in [1.54, 1.807) is 0 Å². The molecule has 0 amide bonds. The summed E-state index contributed by atoms with van der Waals surface area (Å²) in [5.74, 6) is 0.432. The Morgan fingerprint density at radius 3 is 2.67 bits per heavy atom. The summed E-state index contributed by atoms with van der Waals surface area (Å²) < 4.78 is 5.70. The second-order valence-electron chi connectivity index (χ2n) is 5.09. The molecule has 21 heavy (non-hydrogen) atoms. The van der Waals surface area contributed by atoms with Gasteiger partial charge >= 0.3 is 0 Å².